The molecule has 1 aliphatic carbocycles. The van der Waals surface area contributed by atoms with E-state index in [4.69, 9.17) is 22.1 Å². The van der Waals surface area contributed by atoms with E-state index in [-0.39, 0.29) is 39.2 Å². The molecule has 2 aromatic heterocycles. The number of primary amides is 1. The van der Waals surface area contributed by atoms with E-state index in [1.807, 2.05) is 0 Å². The van der Waals surface area contributed by atoms with Crippen molar-refractivity contribution in [2.45, 2.75) is 45.3 Å². The number of halogens is 4. The van der Waals surface area contributed by atoms with Crippen LogP contribution >= 0.6 is 22.9 Å². The quantitative estimate of drug-likeness (QED) is 0.588. The number of anilines is 1. The fourth-order valence-electron chi connectivity index (χ4n) is 3.09. The summed E-state index contributed by atoms with van der Waals surface area (Å²) in [5.41, 5.74) is 4.42. The van der Waals surface area contributed by atoms with Gasteiger partial charge in [0.1, 0.15) is 11.5 Å². The van der Waals surface area contributed by atoms with Gasteiger partial charge in [-0.05, 0) is 32.3 Å². The number of carbonyl (C=O) groups is 3. The highest BCUT2D eigenvalue weighted by atomic mass is 35.5. The Morgan fingerprint density at radius 3 is 2.52 bits per heavy atom. The van der Waals surface area contributed by atoms with Gasteiger partial charge in [-0.15, -0.1) is 11.3 Å². The summed E-state index contributed by atoms with van der Waals surface area (Å²) in [6.07, 6.45) is -3.48. The number of hydrogen-bond donors (Lipinski definition) is 2. The van der Waals surface area contributed by atoms with Crippen molar-refractivity contribution in [3.05, 3.63) is 32.4 Å². The Balaban J connectivity index is 1.91. The molecule has 0 spiro atoms. The maximum absolute atomic E-state index is 13.2. The second-order valence-electron chi connectivity index (χ2n) is 6.87. The molecule has 1 saturated carbocycles. The molecule has 168 valence electrons. The number of hydrogen-bond acceptors (Lipinski definition) is 6. The third-order valence-electron chi connectivity index (χ3n) is 4.56. The van der Waals surface area contributed by atoms with E-state index in [9.17, 15) is 27.6 Å². The second kappa shape index (κ2) is 8.50. The molecule has 0 unspecified atom stereocenters. The number of alkyl halides is 3. The molecule has 13 heteroatoms. The van der Waals surface area contributed by atoms with Gasteiger partial charge in [-0.1, -0.05) is 11.6 Å². The molecule has 3 rings (SSSR count). The molecule has 2 heterocycles. The molecule has 31 heavy (non-hydrogen) atoms. The molecule has 0 aliphatic heterocycles. The number of carbonyl (C=O) groups excluding carboxylic acids is 3. The number of nitrogens with zero attached hydrogens (tertiary/aromatic N) is 2. The van der Waals surface area contributed by atoms with Crippen LogP contribution in [0.2, 0.25) is 5.02 Å². The first-order valence-electron chi connectivity index (χ1n) is 9.19. The van der Waals surface area contributed by atoms with Crippen LogP contribution in [0.15, 0.2) is 0 Å². The largest absolute Gasteiger partial charge is 0.462 e. The lowest BCUT2D eigenvalue weighted by Gasteiger charge is -2.09. The van der Waals surface area contributed by atoms with Crippen molar-refractivity contribution in [2.75, 3.05) is 11.9 Å². The number of rotatable bonds is 7. The smallest absolute Gasteiger partial charge is 0.436 e. The monoisotopic (exact) mass is 478 g/mol. The molecule has 0 aromatic carbocycles. The molecule has 3 N–H and O–H groups in total. The van der Waals surface area contributed by atoms with Gasteiger partial charge in [-0.3, -0.25) is 14.3 Å². The Kier molecular flexibility index (Phi) is 6.33. The predicted molar refractivity (Wildman–Crippen MR) is 106 cm³/mol. The van der Waals surface area contributed by atoms with E-state index in [2.05, 4.69) is 10.4 Å². The highest BCUT2D eigenvalue weighted by Gasteiger charge is 2.42. The number of nitrogens with two attached hydrogens (primary N) is 1. The van der Waals surface area contributed by atoms with Gasteiger partial charge in [-0.2, -0.15) is 18.3 Å². The number of esters is 1. The average Bonchev–Trinajstić information content (AvgIpc) is 3.34. The highest BCUT2D eigenvalue weighted by Crippen LogP contribution is 2.47. The number of thiophene rings is 1. The van der Waals surface area contributed by atoms with E-state index in [0.717, 1.165) is 16.0 Å². The van der Waals surface area contributed by atoms with E-state index in [1.165, 1.54) is 6.92 Å². The second-order valence-corrected chi connectivity index (χ2v) is 8.27. The molecule has 0 saturated heterocycles. The maximum Gasteiger partial charge on any atom is 0.436 e. The van der Waals surface area contributed by atoms with Gasteiger partial charge >= 0.3 is 12.1 Å². The molecule has 2 amide bonds. The summed E-state index contributed by atoms with van der Waals surface area (Å²) in [6.45, 7) is 2.56. The highest BCUT2D eigenvalue weighted by molar-refractivity contribution is 7.18. The number of nitrogens with one attached hydrogen (secondary N) is 1. The molecule has 2 aromatic rings. The van der Waals surface area contributed by atoms with E-state index in [0.29, 0.717) is 12.8 Å². The van der Waals surface area contributed by atoms with Crippen molar-refractivity contribution in [2.24, 2.45) is 5.73 Å². The topological polar surface area (TPSA) is 116 Å². The van der Waals surface area contributed by atoms with Gasteiger partial charge in [-0.25, -0.2) is 4.79 Å². The first-order valence-corrected chi connectivity index (χ1v) is 10.4. The minimum absolute atomic E-state index is 0.0111. The van der Waals surface area contributed by atoms with Crippen LogP contribution in [-0.4, -0.2) is 34.2 Å². The van der Waals surface area contributed by atoms with Gasteiger partial charge in [0.25, 0.3) is 5.91 Å². The summed E-state index contributed by atoms with van der Waals surface area (Å²) < 4.78 is 45.5. The Morgan fingerprint density at radius 1 is 1.35 bits per heavy atom. The van der Waals surface area contributed by atoms with Crippen LogP contribution < -0.4 is 11.1 Å². The zero-order valence-corrected chi connectivity index (χ0v) is 18.0. The summed E-state index contributed by atoms with van der Waals surface area (Å²) in [5, 5.41) is 5.45. The maximum atomic E-state index is 13.2. The summed E-state index contributed by atoms with van der Waals surface area (Å²) in [4.78, 5) is 36.6. The first-order chi connectivity index (χ1) is 14.5. The summed E-state index contributed by atoms with van der Waals surface area (Å²) in [5.74, 6) is -2.51. The Hall–Kier alpha value is -2.60. The zero-order valence-electron chi connectivity index (χ0n) is 16.4. The van der Waals surface area contributed by atoms with Gasteiger partial charge in [0, 0.05) is 5.92 Å². The summed E-state index contributed by atoms with van der Waals surface area (Å²) in [7, 11) is 0. The lowest BCUT2D eigenvalue weighted by atomic mass is 10.1. The van der Waals surface area contributed by atoms with E-state index >= 15 is 0 Å². The van der Waals surface area contributed by atoms with Crippen LogP contribution in [-0.2, 0) is 22.3 Å². The normalized spacial score (nSPS) is 13.9. The number of aromatic nitrogens is 2. The summed E-state index contributed by atoms with van der Waals surface area (Å²) in [6, 6.07) is 0. The third kappa shape index (κ3) is 4.69. The molecule has 1 aliphatic rings. The predicted octanol–water partition coefficient (Wildman–Crippen LogP) is 3.72. The summed E-state index contributed by atoms with van der Waals surface area (Å²) >= 11 is 6.69. The lowest BCUT2D eigenvalue weighted by molar-refractivity contribution is -0.141. The van der Waals surface area contributed by atoms with Crippen LogP contribution in [0, 0.1) is 6.92 Å². The minimum Gasteiger partial charge on any atom is -0.462 e. The number of amides is 2. The SMILES string of the molecule is CCOC(=O)c1c(NC(=O)Cn2nc(C(F)(F)F)c(Cl)c2C2CC2)sc(C(N)=O)c1C. The Morgan fingerprint density at radius 2 is 2.00 bits per heavy atom. The van der Waals surface area contributed by atoms with Gasteiger partial charge in [0.05, 0.1) is 27.8 Å². The fourth-order valence-corrected chi connectivity index (χ4v) is 4.55. The van der Waals surface area contributed by atoms with E-state index in [1.54, 1.807) is 6.92 Å². The average molecular weight is 479 g/mol. The third-order valence-corrected chi connectivity index (χ3v) is 6.16. The van der Waals surface area contributed by atoms with Crippen LogP contribution in [0.1, 0.15) is 62.7 Å². The van der Waals surface area contributed by atoms with Crippen molar-refractivity contribution in [3.63, 3.8) is 0 Å². The molecule has 0 radical (unpaired) electrons. The van der Waals surface area contributed by atoms with Crippen LogP contribution in [0.5, 0.6) is 0 Å². The zero-order chi connectivity index (χ0) is 23.1. The van der Waals surface area contributed by atoms with Crippen molar-refractivity contribution in [1.29, 1.82) is 0 Å². The van der Waals surface area contributed by atoms with Gasteiger partial charge in [0.15, 0.2) is 5.69 Å². The molecule has 8 nitrogen and oxygen atoms in total. The molecule has 0 atom stereocenters. The Labute approximate surface area is 183 Å². The standard InChI is InChI=1S/C18H18ClF3N4O4S/c1-3-30-17(29)10-7(2)13(15(23)28)31-16(10)24-9(27)6-26-12(8-4-5-8)11(19)14(25-26)18(20,21)22/h8H,3-6H2,1-2H3,(H2,23,28)(H,24,27). The van der Waals surface area contributed by atoms with Crippen LogP contribution in [0.25, 0.3) is 0 Å². The van der Waals surface area contributed by atoms with Crippen molar-refractivity contribution in [3.8, 4) is 0 Å². The van der Waals surface area contributed by atoms with Crippen molar-refractivity contribution < 1.29 is 32.3 Å². The minimum atomic E-state index is -4.76. The molecule has 0 bridgehead atoms. The van der Waals surface area contributed by atoms with Crippen LogP contribution in [0.4, 0.5) is 18.2 Å². The van der Waals surface area contributed by atoms with Gasteiger partial charge < -0.3 is 15.8 Å². The number of ether oxygens (including phenoxy) is 1. The van der Waals surface area contributed by atoms with Gasteiger partial charge in [0.2, 0.25) is 5.91 Å². The molecular formula is C18H18ClF3N4O4S. The van der Waals surface area contributed by atoms with Crippen molar-refractivity contribution in [1.82, 2.24) is 9.78 Å². The molecular weight excluding hydrogens is 461 g/mol. The van der Waals surface area contributed by atoms with Crippen molar-refractivity contribution >= 4 is 45.7 Å². The first kappa shape index (κ1) is 23.1. The molecule has 1 fully saturated rings. The fraction of sp³-hybridized carbons (Fsp3) is 0.444. The van der Waals surface area contributed by atoms with E-state index < -0.39 is 41.2 Å². The van der Waals surface area contributed by atoms with Crippen LogP contribution in [0.3, 0.4) is 0 Å². The lowest BCUT2D eigenvalue weighted by Crippen LogP contribution is -2.22. The Bertz CT molecular complexity index is 1060.